The van der Waals surface area contributed by atoms with Crippen molar-refractivity contribution in [1.82, 2.24) is 10.5 Å². The minimum atomic E-state index is -0.255. The smallest absolute Gasteiger partial charge is 0.276 e. The number of nitrogens with one attached hydrogen (secondary N) is 3. The molecule has 0 saturated heterocycles. The van der Waals surface area contributed by atoms with Crippen LogP contribution >= 0.6 is 11.3 Å². The SMILES string of the molecule is Cc1nc(NC(=O)C2CC2)sc1CNc1ccccc1C(=O)NOCC1CCCC1. The molecule has 7 nitrogen and oxygen atoms in total. The Labute approximate surface area is 180 Å². The molecule has 0 aliphatic heterocycles. The second-order valence-electron chi connectivity index (χ2n) is 8.08. The molecule has 0 radical (unpaired) electrons. The van der Waals surface area contributed by atoms with Crippen LogP contribution in [0.3, 0.4) is 0 Å². The van der Waals surface area contributed by atoms with Gasteiger partial charge in [0.2, 0.25) is 5.91 Å². The van der Waals surface area contributed by atoms with Gasteiger partial charge < -0.3 is 10.6 Å². The highest BCUT2D eigenvalue weighted by molar-refractivity contribution is 7.15. The number of thiazole rings is 1. The van der Waals surface area contributed by atoms with Crippen molar-refractivity contribution in [2.75, 3.05) is 17.2 Å². The van der Waals surface area contributed by atoms with Crippen LogP contribution in [0, 0.1) is 18.8 Å². The van der Waals surface area contributed by atoms with Gasteiger partial charge >= 0.3 is 0 Å². The topological polar surface area (TPSA) is 92.4 Å². The predicted octanol–water partition coefficient (Wildman–Crippen LogP) is 4.26. The fourth-order valence-corrected chi connectivity index (χ4v) is 4.57. The van der Waals surface area contributed by atoms with E-state index in [-0.39, 0.29) is 17.7 Å². The zero-order valence-electron chi connectivity index (χ0n) is 17.2. The van der Waals surface area contributed by atoms with Gasteiger partial charge in [0.15, 0.2) is 5.13 Å². The lowest BCUT2D eigenvalue weighted by atomic mass is 10.1. The standard InChI is InChI=1S/C22H28N4O3S/c1-14-19(30-22(24-14)25-20(27)16-10-11-16)12-23-18-9-5-4-8-17(18)21(28)26-29-13-15-6-2-3-7-15/h4-5,8-9,15-16,23H,2-3,6-7,10-13H2,1H3,(H,26,28)(H,24,25,27). The summed E-state index contributed by atoms with van der Waals surface area (Å²) in [5.41, 5.74) is 4.72. The number of anilines is 2. The third kappa shape index (κ3) is 5.37. The quantitative estimate of drug-likeness (QED) is 0.519. The summed E-state index contributed by atoms with van der Waals surface area (Å²) in [5.74, 6) is 0.497. The molecular weight excluding hydrogens is 400 g/mol. The van der Waals surface area contributed by atoms with E-state index in [1.165, 1.54) is 37.0 Å². The van der Waals surface area contributed by atoms with Crippen LogP contribution in [0.4, 0.5) is 10.8 Å². The number of amides is 2. The first-order chi connectivity index (χ1) is 14.6. The lowest BCUT2D eigenvalue weighted by Crippen LogP contribution is -2.26. The van der Waals surface area contributed by atoms with E-state index >= 15 is 0 Å². The van der Waals surface area contributed by atoms with Crippen LogP contribution in [0.2, 0.25) is 0 Å². The molecule has 3 N–H and O–H groups in total. The molecule has 2 aliphatic carbocycles. The molecule has 2 aromatic rings. The summed E-state index contributed by atoms with van der Waals surface area (Å²) in [5, 5.41) is 6.86. The van der Waals surface area contributed by atoms with Crippen molar-refractivity contribution in [2.24, 2.45) is 11.8 Å². The van der Waals surface area contributed by atoms with Crippen LogP contribution < -0.4 is 16.1 Å². The number of hydrogen-bond donors (Lipinski definition) is 3. The molecular formula is C22H28N4O3S. The maximum absolute atomic E-state index is 12.6. The molecule has 2 amide bonds. The van der Waals surface area contributed by atoms with Gasteiger partial charge in [0, 0.05) is 16.5 Å². The van der Waals surface area contributed by atoms with Crippen molar-refractivity contribution < 1.29 is 14.4 Å². The predicted molar refractivity (Wildman–Crippen MR) is 117 cm³/mol. The molecule has 0 bridgehead atoms. The zero-order chi connectivity index (χ0) is 20.9. The molecule has 160 valence electrons. The molecule has 1 heterocycles. The molecule has 0 atom stereocenters. The number of hydroxylamine groups is 1. The van der Waals surface area contributed by atoms with E-state index in [0.29, 0.717) is 29.8 Å². The van der Waals surface area contributed by atoms with Gasteiger partial charge in [-0.05, 0) is 50.7 Å². The molecule has 1 aromatic carbocycles. The first kappa shape index (κ1) is 20.8. The van der Waals surface area contributed by atoms with Crippen LogP contribution in [0.15, 0.2) is 24.3 Å². The van der Waals surface area contributed by atoms with E-state index in [4.69, 9.17) is 4.84 Å². The van der Waals surface area contributed by atoms with Crippen LogP contribution in [0.5, 0.6) is 0 Å². The molecule has 2 saturated carbocycles. The van der Waals surface area contributed by atoms with Gasteiger partial charge in [-0.2, -0.15) is 0 Å². The van der Waals surface area contributed by atoms with Gasteiger partial charge in [0.25, 0.3) is 5.91 Å². The van der Waals surface area contributed by atoms with Gasteiger partial charge in [-0.1, -0.05) is 36.3 Å². The maximum atomic E-state index is 12.6. The number of aryl methyl sites for hydroxylation is 1. The Morgan fingerprint density at radius 3 is 2.70 bits per heavy atom. The summed E-state index contributed by atoms with van der Waals surface area (Å²) in [6.07, 6.45) is 6.77. The Bertz CT molecular complexity index is 904. The molecule has 2 aliphatic rings. The average molecular weight is 429 g/mol. The van der Waals surface area contributed by atoms with Gasteiger partial charge in [-0.15, -0.1) is 0 Å². The summed E-state index contributed by atoms with van der Waals surface area (Å²) in [6.45, 7) is 3.02. The zero-order valence-corrected chi connectivity index (χ0v) is 18.0. The third-order valence-electron chi connectivity index (χ3n) is 5.64. The van der Waals surface area contributed by atoms with Crippen LogP contribution in [-0.2, 0) is 16.2 Å². The van der Waals surface area contributed by atoms with E-state index in [2.05, 4.69) is 21.1 Å². The molecule has 0 spiro atoms. The lowest BCUT2D eigenvalue weighted by molar-refractivity contribution is -0.117. The number of carbonyl (C=O) groups excluding carboxylic acids is 2. The highest BCUT2D eigenvalue weighted by Crippen LogP contribution is 2.32. The molecule has 8 heteroatoms. The largest absolute Gasteiger partial charge is 0.379 e. The summed E-state index contributed by atoms with van der Waals surface area (Å²) in [7, 11) is 0. The van der Waals surface area contributed by atoms with Gasteiger partial charge in [-0.3, -0.25) is 14.4 Å². The Kier molecular flexibility index (Phi) is 6.64. The van der Waals surface area contributed by atoms with Crippen LogP contribution in [0.25, 0.3) is 0 Å². The molecule has 30 heavy (non-hydrogen) atoms. The maximum Gasteiger partial charge on any atom is 0.276 e. The van der Waals surface area contributed by atoms with Gasteiger partial charge in [0.05, 0.1) is 24.4 Å². The number of hydrogen-bond acceptors (Lipinski definition) is 6. The highest BCUT2D eigenvalue weighted by Gasteiger charge is 2.30. The van der Waals surface area contributed by atoms with Crippen molar-refractivity contribution in [3.63, 3.8) is 0 Å². The van der Waals surface area contributed by atoms with E-state index in [1.807, 2.05) is 25.1 Å². The first-order valence-electron chi connectivity index (χ1n) is 10.6. The molecule has 4 rings (SSSR count). The van der Waals surface area contributed by atoms with Crippen molar-refractivity contribution in [2.45, 2.75) is 52.0 Å². The number of nitrogens with zero attached hydrogens (tertiary/aromatic N) is 1. The second-order valence-corrected chi connectivity index (χ2v) is 9.17. The first-order valence-corrected chi connectivity index (χ1v) is 11.4. The monoisotopic (exact) mass is 428 g/mol. The van der Waals surface area contributed by atoms with E-state index < -0.39 is 0 Å². The molecule has 2 fully saturated rings. The minimum Gasteiger partial charge on any atom is -0.379 e. The number of carbonyl (C=O) groups is 2. The number of para-hydroxylation sites is 1. The Balaban J connectivity index is 1.32. The Hall–Kier alpha value is -2.45. The Morgan fingerprint density at radius 2 is 1.93 bits per heavy atom. The average Bonchev–Trinajstić information content (AvgIpc) is 3.37. The van der Waals surface area contributed by atoms with E-state index in [0.717, 1.165) is 29.1 Å². The number of rotatable bonds is 9. The normalized spacial score (nSPS) is 16.4. The second kappa shape index (κ2) is 9.57. The Morgan fingerprint density at radius 1 is 1.17 bits per heavy atom. The minimum absolute atomic E-state index is 0.0582. The van der Waals surface area contributed by atoms with Gasteiger partial charge in [-0.25, -0.2) is 10.5 Å². The van der Waals surface area contributed by atoms with Gasteiger partial charge in [0.1, 0.15) is 0 Å². The number of benzene rings is 1. The van der Waals surface area contributed by atoms with E-state index in [9.17, 15) is 9.59 Å². The highest BCUT2D eigenvalue weighted by atomic mass is 32.1. The van der Waals surface area contributed by atoms with Crippen molar-refractivity contribution >= 4 is 34.0 Å². The summed E-state index contributed by atoms with van der Waals surface area (Å²) < 4.78 is 0. The number of aromatic nitrogens is 1. The van der Waals surface area contributed by atoms with Crippen molar-refractivity contribution in [1.29, 1.82) is 0 Å². The molecule has 0 unspecified atom stereocenters. The van der Waals surface area contributed by atoms with Crippen molar-refractivity contribution in [3.05, 3.63) is 40.4 Å². The van der Waals surface area contributed by atoms with Crippen LogP contribution in [0.1, 0.15) is 59.5 Å². The summed E-state index contributed by atoms with van der Waals surface area (Å²) >= 11 is 1.46. The summed E-state index contributed by atoms with van der Waals surface area (Å²) in [4.78, 5) is 35.5. The molecule has 1 aromatic heterocycles. The fraction of sp³-hybridized carbons (Fsp3) is 0.500. The van der Waals surface area contributed by atoms with Crippen LogP contribution in [-0.4, -0.2) is 23.4 Å². The summed E-state index contributed by atoms with van der Waals surface area (Å²) in [6, 6.07) is 7.37. The van der Waals surface area contributed by atoms with Crippen molar-refractivity contribution in [3.8, 4) is 0 Å². The van der Waals surface area contributed by atoms with E-state index in [1.54, 1.807) is 6.07 Å². The fourth-order valence-electron chi connectivity index (χ4n) is 3.67. The lowest BCUT2D eigenvalue weighted by Gasteiger charge is -2.13. The third-order valence-corrected chi connectivity index (χ3v) is 6.71.